The largest absolute Gasteiger partial charge is 0.236 e. The summed E-state index contributed by atoms with van der Waals surface area (Å²) in [5.41, 5.74) is 2.52. The van der Waals surface area contributed by atoms with Crippen LogP contribution in [0.2, 0.25) is 0 Å². The summed E-state index contributed by atoms with van der Waals surface area (Å²) in [5.74, 6) is 0.870. The average Bonchev–Trinajstić information content (AvgIpc) is 2.28. The Balaban J connectivity index is 2.90. The molecule has 0 unspecified atom stereocenters. The second-order valence-electron chi connectivity index (χ2n) is 2.80. The molecule has 2 rings (SSSR count). The Morgan fingerprint density at radius 3 is 2.83 bits per heavy atom. The molecule has 0 saturated heterocycles. The quantitative estimate of drug-likeness (QED) is 0.509. The fourth-order valence-electron chi connectivity index (χ4n) is 1.31. The van der Waals surface area contributed by atoms with E-state index in [2.05, 4.69) is 10.1 Å². The number of imidazole rings is 1. The highest BCUT2D eigenvalue weighted by atomic mass is 15.3. The minimum Gasteiger partial charge on any atom is -0.236 e. The fraction of sp³-hybridized carbons (Fsp3) is 0.250. The van der Waals surface area contributed by atoms with Crippen molar-refractivity contribution in [1.82, 2.24) is 14.6 Å². The highest BCUT2D eigenvalue weighted by Crippen LogP contribution is 2.07. The molecule has 0 aromatic carbocycles. The van der Waals surface area contributed by atoms with Gasteiger partial charge in [0, 0.05) is 5.59 Å². The van der Waals surface area contributed by atoms with E-state index in [1.807, 2.05) is 19.9 Å². The van der Waals surface area contributed by atoms with Crippen LogP contribution in [0.15, 0.2) is 12.1 Å². The number of hydrogen-bond donors (Lipinski definition) is 0. The zero-order chi connectivity index (χ0) is 8.72. The molecule has 0 saturated carbocycles. The van der Waals surface area contributed by atoms with E-state index in [-0.39, 0.29) is 0 Å². The van der Waals surface area contributed by atoms with Crippen LogP contribution in [0.4, 0.5) is 0 Å². The summed E-state index contributed by atoms with van der Waals surface area (Å²) in [6.45, 7) is 3.87. The molecule has 0 aliphatic carbocycles. The lowest BCUT2D eigenvalue weighted by atomic mass is 10.1. The normalized spacial score (nSPS) is 10.8. The van der Waals surface area contributed by atoms with Gasteiger partial charge in [-0.1, -0.05) is 0 Å². The number of hydrogen-bond acceptors (Lipinski definition) is 2. The second kappa shape index (κ2) is 2.34. The molecule has 2 aromatic rings. The minimum atomic E-state index is 0.517. The third-order valence-electron chi connectivity index (χ3n) is 1.86. The topological polar surface area (TPSA) is 30.2 Å². The van der Waals surface area contributed by atoms with Crippen molar-refractivity contribution in [3.8, 4) is 0 Å². The molecule has 58 valence electrons. The second-order valence-corrected chi connectivity index (χ2v) is 2.80. The minimum absolute atomic E-state index is 0.517. The summed E-state index contributed by atoms with van der Waals surface area (Å²) in [5, 5.41) is 4.13. The Bertz CT molecular complexity index is 433. The van der Waals surface area contributed by atoms with Crippen LogP contribution in [0.1, 0.15) is 11.5 Å². The molecule has 0 aliphatic rings. The lowest BCUT2D eigenvalue weighted by Gasteiger charge is -1.96. The van der Waals surface area contributed by atoms with Gasteiger partial charge in [-0.3, -0.25) is 0 Å². The first-order valence-corrected chi connectivity index (χ1v) is 3.77. The molecular weight excluding hydrogens is 149 g/mol. The van der Waals surface area contributed by atoms with E-state index < -0.39 is 0 Å². The van der Waals surface area contributed by atoms with E-state index in [1.54, 1.807) is 10.6 Å². The van der Waals surface area contributed by atoms with Gasteiger partial charge in [-0.15, -0.1) is 0 Å². The summed E-state index contributed by atoms with van der Waals surface area (Å²) >= 11 is 0. The maximum atomic E-state index is 5.54. The van der Waals surface area contributed by atoms with Gasteiger partial charge in [0.25, 0.3) is 0 Å². The molecule has 0 amide bonds. The van der Waals surface area contributed by atoms with Crippen LogP contribution < -0.4 is 5.59 Å². The molecule has 0 atom stereocenters. The van der Waals surface area contributed by atoms with Gasteiger partial charge in [-0.25, -0.2) is 9.50 Å². The Morgan fingerprint density at radius 1 is 1.33 bits per heavy atom. The highest BCUT2D eigenvalue weighted by molar-refractivity contribution is 6.30. The molecule has 12 heavy (non-hydrogen) atoms. The first-order chi connectivity index (χ1) is 5.68. The van der Waals surface area contributed by atoms with E-state index >= 15 is 0 Å². The summed E-state index contributed by atoms with van der Waals surface area (Å²) < 4.78 is 1.75. The van der Waals surface area contributed by atoms with Gasteiger partial charge in [0.2, 0.25) is 0 Å². The number of nitrogens with zero attached hydrogens (tertiary/aromatic N) is 3. The van der Waals surface area contributed by atoms with E-state index in [9.17, 15) is 0 Å². The van der Waals surface area contributed by atoms with Gasteiger partial charge in [-0.2, -0.15) is 5.10 Å². The molecule has 4 heteroatoms. The van der Waals surface area contributed by atoms with Crippen molar-refractivity contribution in [2.75, 3.05) is 0 Å². The molecule has 0 N–H and O–H groups in total. The molecule has 2 aromatic heterocycles. The smallest absolute Gasteiger partial charge is 0.144 e. The molecule has 0 aliphatic heterocycles. The van der Waals surface area contributed by atoms with Crippen molar-refractivity contribution in [3.63, 3.8) is 0 Å². The lowest BCUT2D eigenvalue weighted by Crippen LogP contribution is -2.12. The SMILES string of the molecule is [B]c1ccc2c(C)nc(C)n2n1. The number of aryl methyl sites for hydroxylation is 2. The van der Waals surface area contributed by atoms with Crippen LogP contribution in [0.5, 0.6) is 0 Å². The van der Waals surface area contributed by atoms with Crippen LogP contribution >= 0.6 is 0 Å². The fourth-order valence-corrected chi connectivity index (χ4v) is 1.31. The molecule has 0 spiro atoms. The van der Waals surface area contributed by atoms with Gasteiger partial charge >= 0.3 is 0 Å². The van der Waals surface area contributed by atoms with Crippen molar-refractivity contribution in [1.29, 1.82) is 0 Å². The maximum absolute atomic E-state index is 5.54. The van der Waals surface area contributed by atoms with Gasteiger partial charge < -0.3 is 0 Å². The molecule has 2 heterocycles. The van der Waals surface area contributed by atoms with Crippen molar-refractivity contribution in [2.24, 2.45) is 0 Å². The van der Waals surface area contributed by atoms with Gasteiger partial charge in [-0.05, 0) is 26.0 Å². The van der Waals surface area contributed by atoms with E-state index in [4.69, 9.17) is 7.85 Å². The van der Waals surface area contributed by atoms with Gasteiger partial charge in [0.15, 0.2) is 0 Å². The third kappa shape index (κ3) is 0.914. The van der Waals surface area contributed by atoms with E-state index in [1.165, 1.54) is 0 Å². The Hall–Kier alpha value is -1.32. The Kier molecular flexibility index (Phi) is 1.43. The summed E-state index contributed by atoms with van der Waals surface area (Å²) in [6, 6.07) is 3.71. The third-order valence-corrected chi connectivity index (χ3v) is 1.86. The number of fused-ring (bicyclic) bond motifs is 1. The zero-order valence-electron chi connectivity index (χ0n) is 7.07. The van der Waals surface area contributed by atoms with Crippen LogP contribution in [0, 0.1) is 13.8 Å². The summed E-state index contributed by atoms with van der Waals surface area (Å²) in [6.07, 6.45) is 0. The standard InChI is InChI=1S/C8H8BN3/c1-5-7-3-4-8(9)11-12(7)6(2)10-5/h3-4H,1-2H3. The summed E-state index contributed by atoms with van der Waals surface area (Å²) in [7, 11) is 5.54. The van der Waals surface area contributed by atoms with Crippen molar-refractivity contribution < 1.29 is 0 Å². The highest BCUT2D eigenvalue weighted by Gasteiger charge is 2.03. The molecule has 3 nitrogen and oxygen atoms in total. The van der Waals surface area contributed by atoms with E-state index in [0.29, 0.717) is 5.59 Å². The lowest BCUT2D eigenvalue weighted by molar-refractivity contribution is 0.892. The maximum Gasteiger partial charge on any atom is 0.144 e. The van der Waals surface area contributed by atoms with Crippen molar-refractivity contribution >= 4 is 19.0 Å². The predicted molar refractivity (Wildman–Crippen MR) is 47.8 cm³/mol. The molecule has 0 fully saturated rings. The van der Waals surface area contributed by atoms with E-state index in [0.717, 1.165) is 17.0 Å². The predicted octanol–water partition coefficient (Wildman–Crippen LogP) is 0.140. The summed E-state index contributed by atoms with van der Waals surface area (Å²) in [4.78, 5) is 4.28. The van der Waals surface area contributed by atoms with Crippen LogP contribution in [-0.2, 0) is 0 Å². The molecule has 0 bridgehead atoms. The molecular formula is C8H8BN3. The number of rotatable bonds is 0. The first kappa shape index (κ1) is 7.34. The molecule has 2 radical (unpaired) electrons. The average molecular weight is 157 g/mol. The van der Waals surface area contributed by atoms with Gasteiger partial charge in [0.05, 0.1) is 11.2 Å². The van der Waals surface area contributed by atoms with Crippen LogP contribution in [0.25, 0.3) is 5.52 Å². The van der Waals surface area contributed by atoms with Crippen molar-refractivity contribution in [2.45, 2.75) is 13.8 Å². The Labute approximate surface area is 71.8 Å². The first-order valence-electron chi connectivity index (χ1n) is 3.77. The Morgan fingerprint density at radius 2 is 2.08 bits per heavy atom. The monoisotopic (exact) mass is 157 g/mol. The van der Waals surface area contributed by atoms with Crippen LogP contribution in [-0.4, -0.2) is 22.4 Å². The van der Waals surface area contributed by atoms with Crippen molar-refractivity contribution in [3.05, 3.63) is 23.7 Å². The number of aromatic nitrogens is 3. The van der Waals surface area contributed by atoms with Gasteiger partial charge in [0.1, 0.15) is 13.7 Å². The van der Waals surface area contributed by atoms with Crippen LogP contribution in [0.3, 0.4) is 0 Å². The zero-order valence-corrected chi connectivity index (χ0v) is 7.07.